The molecule has 0 fully saturated rings. The van der Waals surface area contributed by atoms with Crippen LogP contribution in [-0.4, -0.2) is 53.1 Å². The van der Waals surface area contributed by atoms with Gasteiger partial charge in [0.25, 0.3) is 0 Å². The number of carbonyl (C=O) groups excluding carboxylic acids is 1. The molecule has 0 bridgehead atoms. The van der Waals surface area contributed by atoms with Gasteiger partial charge in [-0.1, -0.05) is 12.1 Å². The lowest BCUT2D eigenvalue weighted by Gasteiger charge is -2.26. The summed E-state index contributed by atoms with van der Waals surface area (Å²) in [6.45, 7) is 1.96. The van der Waals surface area contributed by atoms with Crippen LogP contribution >= 0.6 is 0 Å². The van der Waals surface area contributed by atoms with Crippen LogP contribution in [0.25, 0.3) is 0 Å². The van der Waals surface area contributed by atoms with Crippen molar-refractivity contribution >= 4 is 11.7 Å². The van der Waals surface area contributed by atoms with Crippen molar-refractivity contribution in [2.24, 2.45) is 0 Å². The van der Waals surface area contributed by atoms with E-state index in [0.29, 0.717) is 5.69 Å². The Bertz CT molecular complexity index is 535. The van der Waals surface area contributed by atoms with E-state index < -0.39 is 37.9 Å². The van der Waals surface area contributed by atoms with Gasteiger partial charge >= 0.3 is 12.2 Å². The molecule has 3 N–H and O–H groups in total. The maximum Gasteiger partial charge on any atom is 0.390 e. The lowest BCUT2D eigenvalue weighted by Crippen LogP contribution is -2.43. The highest BCUT2D eigenvalue weighted by molar-refractivity contribution is 5.90. The Morgan fingerprint density at radius 3 is 2.57 bits per heavy atom. The van der Waals surface area contributed by atoms with Gasteiger partial charge < -0.3 is 20.4 Å². The summed E-state index contributed by atoms with van der Waals surface area (Å²) in [5, 5.41) is 20.8. The van der Waals surface area contributed by atoms with E-state index in [-0.39, 0.29) is 6.54 Å². The second-order valence-electron chi connectivity index (χ2n) is 5.40. The number of aryl methyl sites for hydroxylation is 2. The highest BCUT2D eigenvalue weighted by Crippen LogP contribution is 2.21. The lowest BCUT2D eigenvalue weighted by molar-refractivity contribution is -0.137. The normalized spacial score (nSPS) is 12.8. The molecule has 8 heteroatoms. The molecule has 5 nitrogen and oxygen atoms in total. The van der Waals surface area contributed by atoms with Crippen LogP contribution in [0.4, 0.5) is 23.7 Å². The van der Waals surface area contributed by atoms with Crippen LogP contribution in [0.3, 0.4) is 0 Å². The van der Waals surface area contributed by atoms with Gasteiger partial charge in [0.1, 0.15) is 0 Å². The smallest absolute Gasteiger partial charge is 0.390 e. The highest BCUT2D eigenvalue weighted by atomic mass is 19.4. The minimum atomic E-state index is -4.41. The second-order valence-corrected chi connectivity index (χ2v) is 5.40. The number of aliphatic hydroxyl groups excluding tert-OH is 2. The van der Waals surface area contributed by atoms with E-state index in [1.165, 1.54) is 0 Å². The lowest BCUT2D eigenvalue weighted by atomic mass is 10.1. The average Bonchev–Trinajstić information content (AvgIpc) is 2.45. The van der Waals surface area contributed by atoms with Crippen molar-refractivity contribution in [2.45, 2.75) is 32.5 Å². The Hall–Kier alpha value is -1.80. The van der Waals surface area contributed by atoms with Gasteiger partial charge in [0.05, 0.1) is 25.7 Å². The third kappa shape index (κ3) is 6.87. The number of aliphatic hydroxyl groups is 2. The summed E-state index contributed by atoms with van der Waals surface area (Å²) in [6, 6.07) is 4.59. The number of alkyl halides is 3. The fourth-order valence-corrected chi connectivity index (χ4v) is 1.91. The third-order valence-corrected chi connectivity index (χ3v) is 3.23. The number of hydrogen-bond donors (Lipinski definition) is 3. The van der Waals surface area contributed by atoms with E-state index in [0.717, 1.165) is 16.0 Å². The zero-order valence-corrected chi connectivity index (χ0v) is 13.0. The SMILES string of the molecule is Cc1ccc(C)c(NC(=O)N(CCC(F)(F)F)C[C@H](O)CO)c1. The van der Waals surface area contributed by atoms with Crippen LogP contribution in [0.1, 0.15) is 17.5 Å². The first-order valence-electron chi connectivity index (χ1n) is 7.11. The molecule has 0 saturated heterocycles. The van der Waals surface area contributed by atoms with E-state index in [2.05, 4.69) is 5.32 Å². The Morgan fingerprint density at radius 2 is 2.00 bits per heavy atom. The first-order valence-corrected chi connectivity index (χ1v) is 7.11. The Balaban J connectivity index is 2.83. The predicted octanol–water partition coefficient (Wildman–Crippen LogP) is 2.44. The van der Waals surface area contributed by atoms with Crippen molar-refractivity contribution in [1.82, 2.24) is 4.90 Å². The highest BCUT2D eigenvalue weighted by Gasteiger charge is 2.29. The number of halogens is 3. The zero-order valence-electron chi connectivity index (χ0n) is 13.0. The van der Waals surface area contributed by atoms with Crippen LogP contribution in [-0.2, 0) is 0 Å². The number of nitrogens with zero attached hydrogens (tertiary/aromatic N) is 1. The van der Waals surface area contributed by atoms with Gasteiger partial charge in [-0.2, -0.15) is 13.2 Å². The number of nitrogens with one attached hydrogen (secondary N) is 1. The largest absolute Gasteiger partial charge is 0.394 e. The molecule has 130 valence electrons. The molecule has 0 heterocycles. The molecule has 0 unspecified atom stereocenters. The summed E-state index contributed by atoms with van der Waals surface area (Å²) >= 11 is 0. The molecule has 0 aliphatic rings. The summed E-state index contributed by atoms with van der Waals surface area (Å²) in [6.07, 6.45) is -6.90. The fourth-order valence-electron chi connectivity index (χ4n) is 1.91. The maximum absolute atomic E-state index is 12.4. The Morgan fingerprint density at radius 1 is 1.35 bits per heavy atom. The van der Waals surface area contributed by atoms with Crippen molar-refractivity contribution in [3.63, 3.8) is 0 Å². The van der Waals surface area contributed by atoms with E-state index in [9.17, 15) is 23.1 Å². The number of amides is 2. The minimum Gasteiger partial charge on any atom is -0.394 e. The summed E-state index contributed by atoms with van der Waals surface area (Å²) in [5.74, 6) is 0. The van der Waals surface area contributed by atoms with E-state index in [4.69, 9.17) is 5.11 Å². The van der Waals surface area contributed by atoms with Gasteiger partial charge in [0.15, 0.2) is 0 Å². The van der Waals surface area contributed by atoms with Gasteiger partial charge in [0.2, 0.25) is 0 Å². The first kappa shape index (κ1) is 19.2. The molecule has 23 heavy (non-hydrogen) atoms. The molecular formula is C15H21F3N2O3. The molecule has 0 aliphatic carbocycles. The molecule has 1 aromatic carbocycles. The molecule has 2 amide bonds. The topological polar surface area (TPSA) is 72.8 Å². The number of rotatable bonds is 6. The van der Waals surface area contributed by atoms with Crippen LogP contribution in [0.5, 0.6) is 0 Å². The minimum absolute atomic E-state index is 0.386. The average molecular weight is 334 g/mol. The quantitative estimate of drug-likeness (QED) is 0.748. The molecular weight excluding hydrogens is 313 g/mol. The third-order valence-electron chi connectivity index (χ3n) is 3.23. The van der Waals surface area contributed by atoms with Gasteiger partial charge in [0, 0.05) is 12.2 Å². The van der Waals surface area contributed by atoms with Crippen molar-refractivity contribution in [2.75, 3.05) is 25.0 Å². The fraction of sp³-hybridized carbons (Fsp3) is 0.533. The molecule has 1 rings (SSSR count). The Labute approximate surface area is 132 Å². The Kier molecular flexibility index (Phi) is 6.83. The first-order chi connectivity index (χ1) is 10.6. The number of hydrogen-bond acceptors (Lipinski definition) is 3. The molecule has 0 spiro atoms. The molecule has 0 saturated carbocycles. The van der Waals surface area contributed by atoms with Gasteiger partial charge in [-0.05, 0) is 31.0 Å². The molecule has 0 aromatic heterocycles. The molecule has 1 atom stereocenters. The number of anilines is 1. The zero-order chi connectivity index (χ0) is 17.6. The molecule has 0 aliphatic heterocycles. The van der Waals surface area contributed by atoms with Crippen LogP contribution < -0.4 is 5.32 Å². The summed E-state index contributed by atoms with van der Waals surface area (Å²) in [7, 11) is 0. The maximum atomic E-state index is 12.4. The van der Waals surface area contributed by atoms with Gasteiger partial charge in [-0.3, -0.25) is 0 Å². The van der Waals surface area contributed by atoms with E-state index in [1.54, 1.807) is 19.1 Å². The van der Waals surface area contributed by atoms with Crippen LogP contribution in [0.15, 0.2) is 18.2 Å². The predicted molar refractivity (Wildman–Crippen MR) is 80.3 cm³/mol. The number of urea groups is 1. The molecule has 0 radical (unpaired) electrons. The van der Waals surface area contributed by atoms with Crippen LogP contribution in [0, 0.1) is 13.8 Å². The van der Waals surface area contributed by atoms with Crippen molar-refractivity contribution in [3.8, 4) is 0 Å². The summed E-state index contributed by atoms with van der Waals surface area (Å²) in [4.78, 5) is 13.0. The van der Waals surface area contributed by atoms with Crippen molar-refractivity contribution in [3.05, 3.63) is 29.3 Å². The number of carbonyl (C=O) groups is 1. The summed E-state index contributed by atoms with van der Waals surface area (Å²) < 4.78 is 37.1. The van der Waals surface area contributed by atoms with Gasteiger partial charge in [-0.25, -0.2) is 4.79 Å². The van der Waals surface area contributed by atoms with E-state index >= 15 is 0 Å². The van der Waals surface area contributed by atoms with Crippen LogP contribution in [0.2, 0.25) is 0 Å². The number of benzene rings is 1. The standard InChI is InChI=1S/C15H21F3N2O3/c1-10-3-4-11(2)13(7-10)19-14(23)20(8-12(22)9-21)6-5-15(16,17)18/h3-4,7,12,21-22H,5-6,8-9H2,1-2H3,(H,19,23)/t12-/m0/s1. The van der Waals surface area contributed by atoms with Crippen molar-refractivity contribution < 1.29 is 28.2 Å². The molecule has 1 aromatic rings. The van der Waals surface area contributed by atoms with E-state index in [1.807, 2.05) is 13.0 Å². The second kappa shape index (κ2) is 8.16. The summed E-state index contributed by atoms with van der Waals surface area (Å²) in [5.41, 5.74) is 2.15. The monoisotopic (exact) mass is 334 g/mol. The van der Waals surface area contributed by atoms with Crippen molar-refractivity contribution in [1.29, 1.82) is 0 Å². The van der Waals surface area contributed by atoms with Gasteiger partial charge in [-0.15, -0.1) is 0 Å².